The fourth-order valence-electron chi connectivity index (χ4n) is 6.93. The van der Waals surface area contributed by atoms with Gasteiger partial charge in [-0.1, -0.05) is 37.6 Å². The summed E-state index contributed by atoms with van der Waals surface area (Å²) in [7, 11) is 0. The van der Waals surface area contributed by atoms with E-state index in [0.29, 0.717) is 18.4 Å². The maximum Gasteiger partial charge on any atom is 0.508 e. The van der Waals surface area contributed by atoms with Crippen LogP contribution in [0.15, 0.2) is 55.1 Å². The van der Waals surface area contributed by atoms with Crippen LogP contribution in [0.5, 0.6) is 0 Å². The topological polar surface area (TPSA) is 168 Å². The zero-order valence-electron chi connectivity index (χ0n) is 29.7. The number of carbonyl (C=O) groups is 3. The number of allylic oxidation sites excluding steroid dienone is 1. The van der Waals surface area contributed by atoms with Gasteiger partial charge in [0.15, 0.2) is 0 Å². The summed E-state index contributed by atoms with van der Waals surface area (Å²) in [6, 6.07) is 11.4. The number of nitro groups is 1. The van der Waals surface area contributed by atoms with E-state index in [-0.39, 0.29) is 30.7 Å². The van der Waals surface area contributed by atoms with Crippen molar-refractivity contribution in [3.8, 4) is 0 Å². The van der Waals surface area contributed by atoms with Crippen LogP contribution in [0.1, 0.15) is 88.5 Å². The molecule has 2 aliphatic rings. The van der Waals surface area contributed by atoms with Crippen LogP contribution in [0.25, 0.3) is 10.2 Å². The molecule has 2 aliphatic heterocycles. The fraction of sp³-hybridized carbons (Fsp3) is 0.526. The van der Waals surface area contributed by atoms with Crippen LogP contribution in [0.4, 0.5) is 10.5 Å². The molecule has 1 unspecified atom stereocenters. The van der Waals surface area contributed by atoms with Gasteiger partial charge in [0.05, 0.1) is 49.8 Å². The van der Waals surface area contributed by atoms with Gasteiger partial charge in [-0.2, -0.15) is 0 Å². The van der Waals surface area contributed by atoms with E-state index >= 15 is 0 Å². The Hall–Kier alpha value is -4.20. The number of hydrogen-bond acceptors (Lipinski definition) is 12. The molecule has 7 atom stereocenters. The number of thiazole rings is 1. The summed E-state index contributed by atoms with van der Waals surface area (Å²) in [6.07, 6.45) is -0.674. The second kappa shape index (κ2) is 15.6. The van der Waals surface area contributed by atoms with Gasteiger partial charge in [0.1, 0.15) is 24.6 Å². The number of ether oxygens (including phenoxy) is 4. The Morgan fingerprint density at radius 3 is 2.71 bits per heavy atom. The molecule has 2 saturated heterocycles. The summed E-state index contributed by atoms with van der Waals surface area (Å²) in [5.41, 5.74) is -0.208. The number of cyclic esters (lactones) is 1. The number of aliphatic hydroxyl groups excluding tert-OH is 1. The molecule has 0 spiro atoms. The average molecular weight is 723 g/mol. The minimum absolute atomic E-state index is 0.172. The maximum absolute atomic E-state index is 14.3. The minimum Gasteiger partial charge on any atom is -0.457 e. The molecule has 1 N–H and O–H groups in total. The molecular weight excluding hydrogens is 676 g/mol. The first kappa shape index (κ1) is 38.0. The van der Waals surface area contributed by atoms with Crippen molar-refractivity contribution in [2.75, 3.05) is 0 Å². The van der Waals surface area contributed by atoms with Gasteiger partial charge in [-0.3, -0.25) is 19.7 Å². The molecule has 3 heterocycles. The number of epoxide rings is 1. The number of ketones is 1. The highest BCUT2D eigenvalue weighted by molar-refractivity contribution is 7.18. The summed E-state index contributed by atoms with van der Waals surface area (Å²) in [4.78, 5) is 56.6. The zero-order valence-corrected chi connectivity index (χ0v) is 30.5. The molecule has 13 heteroatoms. The summed E-state index contributed by atoms with van der Waals surface area (Å²) in [5.74, 6) is -2.24. The number of aryl methyl sites for hydroxylation is 1. The molecule has 12 nitrogen and oxygen atoms in total. The molecule has 0 aliphatic carbocycles. The van der Waals surface area contributed by atoms with Crippen molar-refractivity contribution >= 4 is 45.1 Å². The number of benzene rings is 2. The quantitative estimate of drug-likeness (QED) is 0.0833. The SMILES string of the molecule is C=CC[C@H]1C(=O)C(C)(C)[C@@H](OC(=O)OCc2cccc([N+](=O)[O-])c2)CC(=O)O[C@H](c2ccc3sc(C)nc3c2)C[C@@H]2O[C@]2(C)CCC[C@H](C)C1O. The number of fused-ring (bicyclic) bond motifs is 2. The second-order valence-corrected chi connectivity index (χ2v) is 15.7. The van der Waals surface area contributed by atoms with E-state index in [0.717, 1.165) is 33.6 Å². The summed E-state index contributed by atoms with van der Waals surface area (Å²) in [5, 5.41) is 23.6. The Bertz CT molecular complexity index is 1790. The summed E-state index contributed by atoms with van der Waals surface area (Å²) < 4.78 is 24.4. The first-order chi connectivity index (χ1) is 24.1. The number of nitrogens with zero attached hydrogens (tertiary/aromatic N) is 2. The number of aliphatic hydroxyl groups is 1. The number of carbonyl (C=O) groups excluding carboxylic acids is 3. The monoisotopic (exact) mass is 722 g/mol. The number of Topliss-reactive ketones (excluding diaryl/α,β-unsaturated/α-hetero) is 1. The van der Waals surface area contributed by atoms with Gasteiger partial charge < -0.3 is 24.1 Å². The summed E-state index contributed by atoms with van der Waals surface area (Å²) >= 11 is 1.57. The highest BCUT2D eigenvalue weighted by Crippen LogP contribution is 2.47. The standard InChI is InChI=1S/C38H46N2O10S/c1-7-10-27-34(42)22(2)11-9-16-38(6)32(50-38)19-29(25-14-15-30-28(18-25)39-23(3)51-30)48-33(41)20-31(37(4,5)35(27)43)49-36(44)47-21-24-12-8-13-26(17-24)40(45)46/h7-8,12-15,17-18,22,27,29,31-32,34,42H,1,9-11,16,19-21H2,2-6H3/t22-,27+,29-,31-,32-,34?,38+/m0/s1. The van der Waals surface area contributed by atoms with Gasteiger partial charge in [-0.15, -0.1) is 17.9 Å². The lowest BCUT2D eigenvalue weighted by atomic mass is 9.71. The third-order valence-electron chi connectivity index (χ3n) is 10.2. The molecule has 51 heavy (non-hydrogen) atoms. The lowest BCUT2D eigenvalue weighted by Gasteiger charge is -2.37. The van der Waals surface area contributed by atoms with Crippen LogP contribution < -0.4 is 0 Å². The number of rotatable bonds is 7. The van der Waals surface area contributed by atoms with Gasteiger partial charge >= 0.3 is 12.1 Å². The van der Waals surface area contributed by atoms with Crippen molar-refractivity contribution in [2.24, 2.45) is 17.3 Å². The van der Waals surface area contributed by atoms with Crippen LogP contribution in [-0.2, 0) is 35.1 Å². The van der Waals surface area contributed by atoms with Crippen LogP contribution in [0.3, 0.4) is 0 Å². The predicted octanol–water partition coefficient (Wildman–Crippen LogP) is 7.73. The zero-order chi connectivity index (χ0) is 37.1. The lowest BCUT2D eigenvalue weighted by molar-refractivity contribution is -0.384. The number of non-ortho nitro benzene ring substituents is 1. The molecule has 2 aromatic carbocycles. The van der Waals surface area contributed by atoms with Crippen molar-refractivity contribution in [3.63, 3.8) is 0 Å². The van der Waals surface area contributed by atoms with Crippen LogP contribution in [-0.4, -0.2) is 56.8 Å². The molecular formula is C38H46N2O10S. The molecule has 0 radical (unpaired) electrons. The Kier molecular flexibility index (Phi) is 11.6. The minimum atomic E-state index is -1.49. The van der Waals surface area contributed by atoms with E-state index in [9.17, 15) is 29.6 Å². The average Bonchev–Trinajstić information content (AvgIpc) is 3.55. The van der Waals surface area contributed by atoms with Crippen molar-refractivity contribution in [1.29, 1.82) is 0 Å². The van der Waals surface area contributed by atoms with E-state index in [1.165, 1.54) is 18.2 Å². The third-order valence-corrected chi connectivity index (χ3v) is 11.2. The van der Waals surface area contributed by atoms with E-state index in [4.69, 9.17) is 18.9 Å². The van der Waals surface area contributed by atoms with E-state index in [1.807, 2.05) is 39.0 Å². The van der Waals surface area contributed by atoms with E-state index in [1.54, 1.807) is 37.3 Å². The molecule has 0 saturated carbocycles. The Balaban J connectivity index is 1.45. The first-order valence-electron chi connectivity index (χ1n) is 17.3. The van der Waals surface area contributed by atoms with Crippen LogP contribution in [0.2, 0.25) is 0 Å². The van der Waals surface area contributed by atoms with Gasteiger partial charge in [0, 0.05) is 24.5 Å². The van der Waals surface area contributed by atoms with Crippen molar-refractivity contribution < 1.29 is 43.4 Å². The first-order valence-corrected chi connectivity index (χ1v) is 18.1. The highest BCUT2D eigenvalue weighted by atomic mass is 32.1. The number of nitro benzene ring substituents is 1. The van der Waals surface area contributed by atoms with E-state index in [2.05, 4.69) is 11.6 Å². The van der Waals surface area contributed by atoms with Gasteiger partial charge in [0.2, 0.25) is 0 Å². The van der Waals surface area contributed by atoms with Crippen LogP contribution >= 0.6 is 11.3 Å². The predicted molar refractivity (Wildman–Crippen MR) is 190 cm³/mol. The van der Waals surface area contributed by atoms with Crippen LogP contribution in [0, 0.1) is 34.3 Å². The largest absolute Gasteiger partial charge is 0.508 e. The number of hydrogen-bond donors (Lipinski definition) is 1. The normalized spacial score (nSPS) is 28.7. The van der Waals surface area contributed by atoms with Gasteiger partial charge in [-0.25, -0.2) is 9.78 Å². The third kappa shape index (κ3) is 9.00. The highest BCUT2D eigenvalue weighted by Gasteiger charge is 2.53. The number of aromatic nitrogens is 1. The second-order valence-electron chi connectivity index (χ2n) is 14.4. The van der Waals surface area contributed by atoms with E-state index < -0.39 is 64.5 Å². The molecule has 0 bridgehead atoms. The molecule has 0 amide bonds. The van der Waals surface area contributed by atoms with Crippen molar-refractivity contribution in [2.45, 2.75) is 110 Å². The molecule has 274 valence electrons. The lowest BCUT2D eigenvalue weighted by Crippen LogP contribution is -2.48. The molecule has 5 rings (SSSR count). The van der Waals surface area contributed by atoms with Gasteiger partial charge in [-0.05, 0) is 76.1 Å². The van der Waals surface area contributed by atoms with Gasteiger partial charge in [0.25, 0.3) is 5.69 Å². The smallest absolute Gasteiger partial charge is 0.457 e. The Morgan fingerprint density at radius 1 is 1.22 bits per heavy atom. The molecule has 3 aromatic rings. The Labute approximate surface area is 301 Å². The maximum atomic E-state index is 14.3. The Morgan fingerprint density at radius 2 is 1.98 bits per heavy atom. The van der Waals surface area contributed by atoms with Crippen molar-refractivity contribution in [3.05, 3.63) is 81.4 Å². The van der Waals surface area contributed by atoms with Crippen molar-refractivity contribution in [1.82, 2.24) is 4.98 Å². The molecule has 1 aromatic heterocycles. The number of esters is 1. The fourth-order valence-corrected chi connectivity index (χ4v) is 7.74. The summed E-state index contributed by atoms with van der Waals surface area (Å²) in [6.45, 7) is 12.5. The molecule has 2 fully saturated rings.